The highest BCUT2D eigenvalue weighted by molar-refractivity contribution is 6.71. The lowest BCUT2D eigenvalue weighted by Crippen LogP contribution is -2.45. The number of ether oxygens (including phenoxy) is 1. The van der Waals surface area contributed by atoms with E-state index >= 15 is 0 Å². The first-order chi connectivity index (χ1) is 17.5. The molecule has 1 aromatic rings. The van der Waals surface area contributed by atoms with Crippen molar-refractivity contribution < 1.29 is 29.0 Å². The number of likely N-dealkylation sites (N-methyl/N-ethyl adjacent to an activating group) is 1. The van der Waals surface area contributed by atoms with Gasteiger partial charge in [0.1, 0.15) is 0 Å². The number of nitrogens with zero attached hydrogens (tertiary/aromatic N) is 3. The molecule has 0 saturated carbocycles. The van der Waals surface area contributed by atoms with Crippen LogP contribution in [-0.4, -0.2) is 79.7 Å². The Hall–Kier alpha value is -2.27. The molecule has 3 amide bonds. The number of aliphatic hydroxyl groups is 1. The second-order valence-corrected chi connectivity index (χ2v) is 15.7. The molecule has 0 aliphatic carbocycles. The first kappa shape index (κ1) is 26.3. The van der Waals surface area contributed by atoms with E-state index in [0.717, 1.165) is 37.1 Å². The van der Waals surface area contributed by atoms with Crippen LogP contribution in [0.3, 0.4) is 0 Å². The predicted molar refractivity (Wildman–Crippen MR) is 142 cm³/mol. The normalized spacial score (nSPS) is 32.1. The fourth-order valence-electron chi connectivity index (χ4n) is 7.26. The smallest absolute Gasteiger partial charge is 0.264 e. The lowest BCUT2D eigenvalue weighted by atomic mass is 9.82. The number of carbonyl (C=O) groups is 3. The third kappa shape index (κ3) is 4.12. The van der Waals surface area contributed by atoms with Crippen molar-refractivity contribution in [1.82, 2.24) is 4.90 Å². The van der Waals surface area contributed by atoms with E-state index in [1.807, 2.05) is 38.2 Å². The van der Waals surface area contributed by atoms with Crippen molar-refractivity contribution in [2.75, 3.05) is 36.5 Å². The van der Waals surface area contributed by atoms with E-state index in [0.29, 0.717) is 25.1 Å². The Labute approximate surface area is 219 Å². The van der Waals surface area contributed by atoms with Crippen molar-refractivity contribution in [3.05, 3.63) is 23.8 Å². The fraction of sp³-hybridized carbons (Fsp3) is 0.667. The van der Waals surface area contributed by atoms with Gasteiger partial charge in [-0.15, -0.1) is 0 Å². The maximum atomic E-state index is 13.9. The summed E-state index contributed by atoms with van der Waals surface area (Å²) in [5, 5.41) is 9.73. The van der Waals surface area contributed by atoms with Gasteiger partial charge in [0.2, 0.25) is 11.8 Å². The van der Waals surface area contributed by atoms with Crippen molar-refractivity contribution >= 4 is 37.4 Å². The zero-order chi connectivity index (χ0) is 26.7. The van der Waals surface area contributed by atoms with E-state index in [9.17, 15) is 24.3 Å². The van der Waals surface area contributed by atoms with E-state index in [2.05, 4.69) is 0 Å². The number of amides is 3. The van der Waals surface area contributed by atoms with Gasteiger partial charge in [0, 0.05) is 49.3 Å². The fourth-order valence-corrected chi connectivity index (χ4v) is 9.82. The minimum absolute atomic E-state index is 0.0564. The van der Waals surface area contributed by atoms with Crippen LogP contribution in [0.4, 0.5) is 11.4 Å². The van der Waals surface area contributed by atoms with E-state index in [-0.39, 0.29) is 48.3 Å². The van der Waals surface area contributed by atoms with Gasteiger partial charge in [0.25, 0.3) is 5.91 Å². The van der Waals surface area contributed by atoms with Crippen molar-refractivity contribution in [2.45, 2.75) is 81.8 Å². The van der Waals surface area contributed by atoms with Gasteiger partial charge in [-0.2, -0.15) is 0 Å². The number of rotatable bonds is 5. The van der Waals surface area contributed by atoms with E-state index in [1.54, 1.807) is 21.7 Å². The molecule has 9 nitrogen and oxygen atoms in total. The molecule has 3 saturated heterocycles. The highest BCUT2D eigenvalue weighted by Crippen LogP contribution is 2.59. The molecule has 2 N–H and O–H groups in total. The molecule has 1 aromatic carbocycles. The molecular formula is C27H39N3O6Si. The number of anilines is 2. The van der Waals surface area contributed by atoms with Gasteiger partial charge in [-0.05, 0) is 57.0 Å². The van der Waals surface area contributed by atoms with Gasteiger partial charge in [0.15, 0.2) is 13.9 Å². The van der Waals surface area contributed by atoms with Gasteiger partial charge in [0.05, 0.1) is 30.9 Å². The first-order valence-electron chi connectivity index (χ1n) is 13.5. The summed E-state index contributed by atoms with van der Waals surface area (Å²) in [5.41, 5.74) is 0.503. The molecule has 4 heterocycles. The molecule has 5 rings (SSSR count). The predicted octanol–water partition coefficient (Wildman–Crippen LogP) is 2.35. The van der Waals surface area contributed by atoms with Crippen LogP contribution in [0.1, 0.15) is 51.0 Å². The highest BCUT2D eigenvalue weighted by atomic mass is 28.4. The van der Waals surface area contributed by atoms with Gasteiger partial charge >= 0.3 is 0 Å². The lowest BCUT2D eigenvalue weighted by molar-refractivity contribution is -0.149. The van der Waals surface area contributed by atoms with E-state index in [1.165, 1.54) is 0 Å². The Kier molecular flexibility index (Phi) is 6.75. The molecule has 1 spiro atoms. The average molecular weight is 530 g/mol. The summed E-state index contributed by atoms with van der Waals surface area (Å²) < 4.78 is 6.71. The minimum atomic E-state index is -2.89. The quantitative estimate of drug-likeness (QED) is 0.567. The van der Waals surface area contributed by atoms with E-state index < -0.39 is 20.0 Å². The maximum Gasteiger partial charge on any atom is 0.264 e. The van der Waals surface area contributed by atoms with Gasteiger partial charge in [-0.3, -0.25) is 14.4 Å². The second kappa shape index (κ2) is 9.48. The number of hydrogen-bond acceptors (Lipinski definition) is 6. The largest absolute Gasteiger partial charge is 0.432 e. The van der Waals surface area contributed by atoms with Crippen LogP contribution in [0.25, 0.3) is 0 Å². The Morgan fingerprint density at radius 2 is 1.95 bits per heavy atom. The molecule has 3 fully saturated rings. The van der Waals surface area contributed by atoms with Crippen LogP contribution in [0, 0.1) is 5.92 Å². The molecule has 4 aliphatic heterocycles. The average Bonchev–Trinajstić information content (AvgIpc) is 3.50. The molecule has 5 atom stereocenters. The number of hydrogen-bond donors (Lipinski definition) is 2. The number of likely N-dealkylation sites (tertiary alicyclic amines) is 1. The van der Waals surface area contributed by atoms with Crippen LogP contribution in [0.15, 0.2) is 18.2 Å². The summed E-state index contributed by atoms with van der Waals surface area (Å²) in [6.07, 6.45) is 3.37. The monoisotopic (exact) mass is 529 g/mol. The summed E-state index contributed by atoms with van der Waals surface area (Å²) in [6.45, 7) is 6.80. The molecule has 37 heavy (non-hydrogen) atoms. The molecule has 4 aliphatic rings. The number of benzene rings is 1. The lowest BCUT2D eigenvalue weighted by Gasteiger charge is -2.33. The third-order valence-corrected chi connectivity index (χ3v) is 11.5. The zero-order valence-electron chi connectivity index (χ0n) is 22.3. The first-order valence-corrected chi connectivity index (χ1v) is 16.6. The second-order valence-electron chi connectivity index (χ2n) is 11.7. The number of fused-ring (bicyclic) bond motifs is 2. The molecule has 0 unspecified atom stereocenters. The van der Waals surface area contributed by atoms with Crippen LogP contribution in [-0.2, 0) is 24.7 Å². The highest BCUT2D eigenvalue weighted by Gasteiger charge is 2.66. The van der Waals surface area contributed by atoms with Crippen LogP contribution >= 0.6 is 0 Å². The summed E-state index contributed by atoms with van der Waals surface area (Å²) in [7, 11) is -1.16. The standard InChI is InChI=1S/C27H39N3O6Si/c1-17-25(37(3,4)35)22(15-24(33)30-13-7-8-19(30)16-31)36-27(17)20-14-18(29-12-6-5-9-23(29)32)10-11-21(20)28(2)26(27)34/h10-11,14,17,19,22,25,31,35H,5-9,12-13,15-16H2,1-4H3/t17-,19-,22+,25-,27+/m0/s1. The number of aliphatic hydroxyl groups excluding tert-OH is 1. The number of piperidine rings is 1. The van der Waals surface area contributed by atoms with Crippen LogP contribution in [0.5, 0.6) is 0 Å². The SMILES string of the molecule is C[C@H]1[C@H]([Si](C)(C)O)[C@@H](CC(=O)N2CCC[C@H]2CO)O[C@]12C(=O)N(C)c1ccc(N3CCCCC3=O)cc12. The molecule has 0 bridgehead atoms. The van der Waals surface area contributed by atoms with Crippen molar-refractivity contribution in [2.24, 2.45) is 5.92 Å². The zero-order valence-corrected chi connectivity index (χ0v) is 23.3. The topological polar surface area (TPSA) is 111 Å². The molecule has 10 heteroatoms. The summed E-state index contributed by atoms with van der Waals surface area (Å²) >= 11 is 0. The Morgan fingerprint density at radius 1 is 1.19 bits per heavy atom. The van der Waals surface area contributed by atoms with Crippen LogP contribution in [0.2, 0.25) is 18.6 Å². The summed E-state index contributed by atoms with van der Waals surface area (Å²) in [5.74, 6) is -0.606. The van der Waals surface area contributed by atoms with Crippen molar-refractivity contribution in [1.29, 1.82) is 0 Å². The molecule has 202 valence electrons. The third-order valence-electron chi connectivity index (χ3n) is 9.02. The molecule has 0 radical (unpaired) electrons. The Balaban J connectivity index is 1.53. The summed E-state index contributed by atoms with van der Waals surface area (Å²) in [6, 6.07) is 5.48. The van der Waals surface area contributed by atoms with Gasteiger partial charge < -0.3 is 29.3 Å². The van der Waals surface area contributed by atoms with Gasteiger partial charge in [-0.25, -0.2) is 0 Å². The molecular weight excluding hydrogens is 490 g/mol. The van der Waals surface area contributed by atoms with Crippen LogP contribution < -0.4 is 9.80 Å². The molecule has 0 aromatic heterocycles. The maximum absolute atomic E-state index is 13.9. The van der Waals surface area contributed by atoms with Crippen molar-refractivity contribution in [3.8, 4) is 0 Å². The Morgan fingerprint density at radius 3 is 2.62 bits per heavy atom. The Bertz CT molecular complexity index is 1110. The number of carbonyl (C=O) groups excluding carboxylic acids is 3. The van der Waals surface area contributed by atoms with Gasteiger partial charge in [-0.1, -0.05) is 6.92 Å². The summed E-state index contributed by atoms with van der Waals surface area (Å²) in [4.78, 5) is 56.5. The minimum Gasteiger partial charge on any atom is -0.432 e. The van der Waals surface area contributed by atoms with Crippen molar-refractivity contribution in [3.63, 3.8) is 0 Å². The van der Waals surface area contributed by atoms with E-state index in [4.69, 9.17) is 4.74 Å².